The number of benzene rings is 1. The van der Waals surface area contributed by atoms with Crippen LogP contribution >= 0.6 is 11.3 Å². The van der Waals surface area contributed by atoms with Crippen LogP contribution < -0.4 is 9.62 Å². The van der Waals surface area contributed by atoms with E-state index in [0.29, 0.717) is 30.5 Å². The normalized spacial score (nSPS) is 23.8. The third-order valence-corrected chi connectivity index (χ3v) is 9.29. The molecule has 10 heteroatoms. The summed E-state index contributed by atoms with van der Waals surface area (Å²) in [6.07, 6.45) is 5.78. The highest BCUT2D eigenvalue weighted by Gasteiger charge is 2.47. The van der Waals surface area contributed by atoms with Crippen LogP contribution in [0.25, 0.3) is 0 Å². The number of aryl methyl sites for hydroxylation is 1. The second kappa shape index (κ2) is 6.85. The van der Waals surface area contributed by atoms with Crippen molar-refractivity contribution in [3.8, 4) is 0 Å². The van der Waals surface area contributed by atoms with E-state index in [4.69, 9.17) is 4.99 Å². The first-order valence-electron chi connectivity index (χ1n) is 11.0. The van der Waals surface area contributed by atoms with Crippen molar-refractivity contribution in [1.29, 1.82) is 0 Å². The third-order valence-electron chi connectivity index (χ3n) is 6.75. The summed E-state index contributed by atoms with van der Waals surface area (Å²) >= 11 is 1.55. The Labute approximate surface area is 191 Å². The second-order valence-electron chi connectivity index (χ2n) is 9.50. The summed E-state index contributed by atoms with van der Waals surface area (Å²) in [5.74, 6) is 1.02. The van der Waals surface area contributed by atoms with E-state index in [1.807, 2.05) is 13.8 Å². The number of guanidine groups is 1. The molecule has 0 bridgehead atoms. The Morgan fingerprint density at radius 2 is 2.06 bits per heavy atom. The molecule has 2 fully saturated rings. The van der Waals surface area contributed by atoms with E-state index in [9.17, 15) is 13.2 Å². The molecule has 0 radical (unpaired) electrons. The van der Waals surface area contributed by atoms with Gasteiger partial charge in [0.25, 0.3) is 5.91 Å². The first kappa shape index (κ1) is 20.3. The minimum absolute atomic E-state index is 0.133. The number of fused-ring (bicyclic) bond motifs is 3. The zero-order chi connectivity index (χ0) is 22.3. The van der Waals surface area contributed by atoms with Crippen LogP contribution in [0.4, 0.5) is 5.69 Å². The number of hydrogen-bond acceptors (Lipinski definition) is 7. The maximum absolute atomic E-state index is 13.6. The summed E-state index contributed by atoms with van der Waals surface area (Å²) in [7, 11) is -3.70. The van der Waals surface area contributed by atoms with Gasteiger partial charge in [-0.1, -0.05) is 0 Å². The van der Waals surface area contributed by atoms with Gasteiger partial charge in [0, 0.05) is 16.6 Å². The van der Waals surface area contributed by atoms with Gasteiger partial charge in [-0.05, 0) is 63.6 Å². The number of thiazole rings is 1. The first-order valence-corrected chi connectivity index (χ1v) is 13.3. The van der Waals surface area contributed by atoms with Gasteiger partial charge in [0.05, 0.1) is 40.3 Å². The molecule has 4 aliphatic rings. The molecular formula is C22H25N5O3S2. The van der Waals surface area contributed by atoms with Crippen molar-refractivity contribution >= 4 is 38.9 Å². The van der Waals surface area contributed by atoms with Gasteiger partial charge in [-0.15, -0.1) is 11.3 Å². The number of nitrogens with one attached hydrogen (secondary N) is 1. The number of sulfonamides is 1. The lowest BCUT2D eigenvalue weighted by atomic mass is 10.0. The molecule has 6 rings (SSSR count). The first-order chi connectivity index (χ1) is 15.2. The lowest BCUT2D eigenvalue weighted by Gasteiger charge is -2.38. The quantitative estimate of drug-likeness (QED) is 0.699. The zero-order valence-electron chi connectivity index (χ0n) is 18.0. The number of nitrogens with zero attached hydrogens (tertiary/aromatic N) is 4. The average molecular weight is 472 g/mol. The van der Waals surface area contributed by atoms with Crippen LogP contribution in [-0.2, 0) is 16.6 Å². The maximum atomic E-state index is 13.6. The lowest BCUT2D eigenvalue weighted by Crippen LogP contribution is -2.53. The minimum atomic E-state index is -3.70. The van der Waals surface area contributed by atoms with Gasteiger partial charge in [-0.2, -0.15) is 0 Å². The molecule has 1 aromatic heterocycles. The molecule has 0 saturated heterocycles. The molecule has 0 spiro atoms. The fraction of sp³-hybridized carbons (Fsp3) is 0.500. The molecule has 0 unspecified atom stereocenters. The molecule has 1 aromatic carbocycles. The number of anilines is 1. The summed E-state index contributed by atoms with van der Waals surface area (Å²) in [5, 5.41) is 0.943. The minimum Gasteiger partial charge on any atom is -0.306 e. The van der Waals surface area contributed by atoms with Crippen molar-refractivity contribution in [1.82, 2.24) is 14.6 Å². The smallest absolute Gasteiger partial charge is 0.263 e. The van der Waals surface area contributed by atoms with Crippen molar-refractivity contribution in [2.24, 2.45) is 10.9 Å². The molecule has 1 N–H and O–H groups in total. The predicted molar refractivity (Wildman–Crippen MR) is 122 cm³/mol. The average Bonchev–Trinajstić information content (AvgIpc) is 3.63. The standard InChI is InChI=1S/C22H25N5O3S2/c1-13-23-10-15(31-13)12-26-20(28)17-9-16(32(29,30)25-22(2)7-8-22)5-6-18(17)27-19(14-3-4-14)11-24-21(26)27/h5-6,9-10,14,19,25H,3-4,7-8,11-12H2,1-2H3/t19-/m1/s1. The monoisotopic (exact) mass is 471 g/mol. The van der Waals surface area contributed by atoms with Crippen LogP contribution in [0.3, 0.4) is 0 Å². The molecule has 2 aliphatic heterocycles. The van der Waals surface area contributed by atoms with E-state index in [-0.39, 0.29) is 22.4 Å². The fourth-order valence-corrected chi connectivity index (χ4v) is 6.85. The number of rotatable bonds is 6. The van der Waals surface area contributed by atoms with Crippen molar-refractivity contribution in [2.75, 3.05) is 11.4 Å². The van der Waals surface area contributed by atoms with E-state index in [1.54, 1.807) is 34.6 Å². The van der Waals surface area contributed by atoms with E-state index in [2.05, 4.69) is 14.6 Å². The van der Waals surface area contributed by atoms with Crippen LogP contribution in [0, 0.1) is 12.8 Å². The van der Waals surface area contributed by atoms with Crippen LogP contribution in [-0.4, -0.2) is 48.3 Å². The molecule has 2 saturated carbocycles. The van der Waals surface area contributed by atoms with E-state index in [0.717, 1.165) is 41.3 Å². The molecular weight excluding hydrogens is 446 g/mol. The van der Waals surface area contributed by atoms with Crippen molar-refractivity contribution in [3.63, 3.8) is 0 Å². The van der Waals surface area contributed by atoms with Crippen molar-refractivity contribution in [2.45, 2.75) is 62.6 Å². The molecule has 3 heterocycles. The molecule has 32 heavy (non-hydrogen) atoms. The predicted octanol–water partition coefficient (Wildman–Crippen LogP) is 2.89. The lowest BCUT2D eigenvalue weighted by molar-refractivity contribution is 0.0833. The Morgan fingerprint density at radius 1 is 1.28 bits per heavy atom. The summed E-state index contributed by atoms with van der Waals surface area (Å²) in [4.78, 5) is 27.7. The van der Waals surface area contributed by atoms with Gasteiger partial charge in [0.1, 0.15) is 0 Å². The van der Waals surface area contributed by atoms with Gasteiger partial charge in [-0.25, -0.2) is 18.1 Å². The van der Waals surface area contributed by atoms with E-state index in [1.165, 1.54) is 6.07 Å². The number of hydrogen-bond donors (Lipinski definition) is 1. The SMILES string of the molecule is Cc1ncc(CN2C(=O)c3cc(S(=O)(=O)NC4(C)CC4)ccc3N3C2=NC[C@@H]3C2CC2)s1. The molecule has 2 aliphatic carbocycles. The van der Waals surface area contributed by atoms with Gasteiger partial charge in [0.15, 0.2) is 0 Å². The summed E-state index contributed by atoms with van der Waals surface area (Å²) < 4.78 is 28.8. The Kier molecular flexibility index (Phi) is 4.35. The van der Waals surface area contributed by atoms with Crippen LogP contribution in [0.5, 0.6) is 0 Å². The van der Waals surface area contributed by atoms with E-state index < -0.39 is 10.0 Å². The maximum Gasteiger partial charge on any atom is 0.263 e. The van der Waals surface area contributed by atoms with Gasteiger partial charge in [0.2, 0.25) is 16.0 Å². The number of carbonyl (C=O) groups excluding carboxylic acids is 1. The summed E-state index contributed by atoms with van der Waals surface area (Å²) in [6.45, 7) is 4.88. The number of carbonyl (C=O) groups is 1. The molecule has 1 atom stereocenters. The summed E-state index contributed by atoms with van der Waals surface area (Å²) in [5.41, 5.74) is 0.804. The molecule has 2 aromatic rings. The molecule has 168 valence electrons. The number of aromatic nitrogens is 1. The van der Waals surface area contributed by atoms with Gasteiger partial charge in [-0.3, -0.25) is 14.7 Å². The third kappa shape index (κ3) is 3.36. The largest absolute Gasteiger partial charge is 0.306 e. The van der Waals surface area contributed by atoms with Crippen molar-refractivity contribution in [3.05, 3.63) is 39.8 Å². The van der Waals surface area contributed by atoms with Gasteiger partial charge >= 0.3 is 0 Å². The van der Waals surface area contributed by atoms with Gasteiger partial charge < -0.3 is 4.90 Å². The van der Waals surface area contributed by atoms with Crippen LogP contribution in [0.1, 0.15) is 52.8 Å². The highest BCUT2D eigenvalue weighted by molar-refractivity contribution is 7.89. The Bertz CT molecular complexity index is 1260. The molecule has 1 amide bonds. The Hall–Kier alpha value is -2.30. The highest BCUT2D eigenvalue weighted by atomic mass is 32.2. The van der Waals surface area contributed by atoms with Crippen molar-refractivity contribution < 1.29 is 13.2 Å². The number of amides is 1. The summed E-state index contributed by atoms with van der Waals surface area (Å²) in [6, 6.07) is 5.15. The Balaban J connectivity index is 1.41. The van der Waals surface area contributed by atoms with Crippen LogP contribution in [0.15, 0.2) is 34.3 Å². The second-order valence-corrected chi connectivity index (χ2v) is 12.5. The number of aliphatic imine (C=N–C) groups is 1. The molecule has 8 nitrogen and oxygen atoms in total. The Morgan fingerprint density at radius 3 is 2.72 bits per heavy atom. The topological polar surface area (TPSA) is 95.0 Å². The highest BCUT2D eigenvalue weighted by Crippen LogP contribution is 2.44. The zero-order valence-corrected chi connectivity index (χ0v) is 19.7. The fourth-order valence-electron chi connectivity index (χ4n) is 4.57. The van der Waals surface area contributed by atoms with Crippen LogP contribution in [0.2, 0.25) is 0 Å². The van der Waals surface area contributed by atoms with E-state index >= 15 is 0 Å².